The van der Waals surface area contributed by atoms with E-state index in [-0.39, 0.29) is 4.43 Å². The fourth-order valence-corrected chi connectivity index (χ4v) is 1.73. The Hall–Kier alpha value is 0.570. The zero-order valence-corrected chi connectivity index (χ0v) is 8.22. The molecule has 0 saturated carbocycles. The lowest BCUT2D eigenvalue weighted by Gasteiger charge is -2.22. The van der Waals surface area contributed by atoms with Gasteiger partial charge in [-0.05, 0) is 6.92 Å². The SMILES string of the molecule is C[C@@H]1O[C@](O)(CI)[C@@H](O)C1O. The van der Waals surface area contributed by atoms with Crippen molar-refractivity contribution in [1.82, 2.24) is 0 Å². The smallest absolute Gasteiger partial charge is 0.204 e. The minimum absolute atomic E-state index is 0.243. The van der Waals surface area contributed by atoms with Gasteiger partial charge < -0.3 is 20.1 Å². The number of hydrogen-bond acceptors (Lipinski definition) is 4. The van der Waals surface area contributed by atoms with Crippen molar-refractivity contribution in [3.8, 4) is 0 Å². The average Bonchev–Trinajstić information content (AvgIpc) is 2.17. The molecule has 1 aliphatic rings. The van der Waals surface area contributed by atoms with Crippen LogP contribution in [0.25, 0.3) is 0 Å². The summed E-state index contributed by atoms with van der Waals surface area (Å²) in [4.78, 5) is 0. The van der Waals surface area contributed by atoms with Crippen molar-refractivity contribution in [3.63, 3.8) is 0 Å². The molecule has 0 radical (unpaired) electrons. The molecule has 1 aliphatic heterocycles. The second-order valence-electron chi connectivity index (χ2n) is 2.74. The summed E-state index contributed by atoms with van der Waals surface area (Å²) in [6, 6.07) is 0. The third-order valence-electron chi connectivity index (χ3n) is 1.85. The van der Waals surface area contributed by atoms with Crippen LogP contribution in [0.4, 0.5) is 0 Å². The summed E-state index contributed by atoms with van der Waals surface area (Å²) in [5.41, 5.74) is 0. The molecule has 1 unspecified atom stereocenters. The minimum atomic E-state index is -1.57. The standard InChI is InChI=1S/C6H11IO4/c1-3-4(8)5(9)6(10,2-7)11-3/h3-5,8-10H,2H2,1H3/t3-,4?,5-,6+/m0/s1. The first kappa shape index (κ1) is 9.66. The van der Waals surface area contributed by atoms with E-state index in [9.17, 15) is 15.3 Å². The van der Waals surface area contributed by atoms with E-state index in [2.05, 4.69) is 0 Å². The Kier molecular flexibility index (Phi) is 2.75. The maximum atomic E-state index is 9.47. The van der Waals surface area contributed by atoms with Gasteiger partial charge in [-0.1, -0.05) is 22.6 Å². The van der Waals surface area contributed by atoms with Gasteiger partial charge in [0.1, 0.15) is 12.2 Å². The molecule has 1 rings (SSSR count). The first-order valence-corrected chi connectivity index (χ1v) is 4.86. The molecule has 3 N–H and O–H groups in total. The van der Waals surface area contributed by atoms with E-state index in [4.69, 9.17) is 4.74 Å². The molecule has 1 saturated heterocycles. The van der Waals surface area contributed by atoms with Gasteiger partial charge in [0.15, 0.2) is 0 Å². The fourth-order valence-electron chi connectivity index (χ4n) is 1.10. The highest BCUT2D eigenvalue weighted by molar-refractivity contribution is 14.1. The van der Waals surface area contributed by atoms with Crippen molar-refractivity contribution >= 4 is 22.6 Å². The van der Waals surface area contributed by atoms with Gasteiger partial charge in [-0.3, -0.25) is 0 Å². The Morgan fingerprint density at radius 2 is 2.09 bits per heavy atom. The third kappa shape index (κ3) is 1.52. The molecule has 0 aromatic heterocycles. The highest BCUT2D eigenvalue weighted by Crippen LogP contribution is 2.30. The van der Waals surface area contributed by atoms with Crippen molar-refractivity contribution in [2.45, 2.75) is 31.0 Å². The van der Waals surface area contributed by atoms with Crippen LogP contribution in [0.3, 0.4) is 0 Å². The summed E-state index contributed by atoms with van der Waals surface area (Å²) in [6.07, 6.45) is -2.70. The third-order valence-corrected chi connectivity index (χ3v) is 2.94. The number of aliphatic hydroxyl groups is 3. The van der Waals surface area contributed by atoms with E-state index in [0.29, 0.717) is 0 Å². The molecule has 0 amide bonds. The largest absolute Gasteiger partial charge is 0.387 e. The van der Waals surface area contributed by atoms with Gasteiger partial charge >= 0.3 is 0 Å². The molecule has 0 aromatic carbocycles. The highest BCUT2D eigenvalue weighted by atomic mass is 127. The van der Waals surface area contributed by atoms with E-state index in [1.807, 2.05) is 22.6 Å². The molecule has 1 heterocycles. The quantitative estimate of drug-likeness (QED) is 0.435. The lowest BCUT2D eigenvalue weighted by atomic mass is 10.1. The number of rotatable bonds is 1. The topological polar surface area (TPSA) is 69.9 Å². The molecule has 0 spiro atoms. The molecule has 0 aromatic rings. The minimum Gasteiger partial charge on any atom is -0.387 e. The fraction of sp³-hybridized carbons (Fsp3) is 1.00. The van der Waals surface area contributed by atoms with Gasteiger partial charge in [0.2, 0.25) is 5.79 Å². The van der Waals surface area contributed by atoms with Crippen molar-refractivity contribution in [2.24, 2.45) is 0 Å². The zero-order chi connectivity index (χ0) is 8.65. The lowest BCUT2D eigenvalue weighted by Crippen LogP contribution is -2.44. The van der Waals surface area contributed by atoms with Gasteiger partial charge in [0.25, 0.3) is 0 Å². The summed E-state index contributed by atoms with van der Waals surface area (Å²) in [5.74, 6) is -1.57. The molecular formula is C6H11IO4. The van der Waals surface area contributed by atoms with Crippen LogP contribution < -0.4 is 0 Å². The average molecular weight is 274 g/mol. The van der Waals surface area contributed by atoms with Crippen LogP contribution in [0, 0.1) is 0 Å². The monoisotopic (exact) mass is 274 g/mol. The number of aliphatic hydroxyl groups excluding tert-OH is 2. The molecule has 66 valence electrons. The van der Waals surface area contributed by atoms with Gasteiger partial charge in [0.05, 0.1) is 10.5 Å². The molecule has 5 heteroatoms. The molecule has 4 nitrogen and oxygen atoms in total. The summed E-state index contributed by atoms with van der Waals surface area (Å²) < 4.78 is 5.21. The predicted molar refractivity (Wildman–Crippen MR) is 46.4 cm³/mol. The molecule has 0 aliphatic carbocycles. The second-order valence-corrected chi connectivity index (χ2v) is 3.50. The van der Waals surface area contributed by atoms with Crippen LogP contribution in [-0.2, 0) is 4.74 Å². The van der Waals surface area contributed by atoms with Crippen LogP contribution in [0.1, 0.15) is 6.92 Å². The van der Waals surface area contributed by atoms with Crippen molar-refractivity contribution < 1.29 is 20.1 Å². The van der Waals surface area contributed by atoms with Crippen LogP contribution in [0.15, 0.2) is 0 Å². The first-order valence-electron chi connectivity index (χ1n) is 3.33. The van der Waals surface area contributed by atoms with Gasteiger partial charge in [-0.2, -0.15) is 0 Å². The summed E-state index contributed by atoms with van der Waals surface area (Å²) >= 11 is 1.90. The number of ether oxygens (including phenoxy) is 1. The maximum Gasteiger partial charge on any atom is 0.204 e. The molecule has 1 fully saturated rings. The normalized spacial score (nSPS) is 51.5. The number of alkyl halides is 1. The molecule has 0 bridgehead atoms. The summed E-state index contributed by atoms with van der Waals surface area (Å²) in [7, 11) is 0. The van der Waals surface area contributed by atoms with E-state index in [1.165, 1.54) is 0 Å². The second kappa shape index (κ2) is 3.14. The van der Waals surface area contributed by atoms with Crippen molar-refractivity contribution in [3.05, 3.63) is 0 Å². The van der Waals surface area contributed by atoms with Crippen molar-refractivity contribution in [2.75, 3.05) is 4.43 Å². The van der Waals surface area contributed by atoms with Crippen LogP contribution in [-0.4, -0.2) is 43.8 Å². The predicted octanol–water partition coefficient (Wildman–Crippen LogP) is -0.750. The molecular weight excluding hydrogens is 263 g/mol. The van der Waals surface area contributed by atoms with Gasteiger partial charge in [-0.25, -0.2) is 0 Å². The van der Waals surface area contributed by atoms with E-state index < -0.39 is 24.1 Å². The first-order chi connectivity index (χ1) is 5.01. The zero-order valence-electron chi connectivity index (χ0n) is 6.07. The Morgan fingerprint density at radius 1 is 1.55 bits per heavy atom. The van der Waals surface area contributed by atoms with Crippen LogP contribution >= 0.6 is 22.6 Å². The highest BCUT2D eigenvalue weighted by Gasteiger charge is 2.50. The Morgan fingerprint density at radius 3 is 2.27 bits per heavy atom. The molecule has 11 heavy (non-hydrogen) atoms. The Balaban J connectivity index is 2.73. The van der Waals surface area contributed by atoms with E-state index in [1.54, 1.807) is 6.92 Å². The summed E-state index contributed by atoms with van der Waals surface area (Å²) in [6.45, 7) is 1.61. The van der Waals surface area contributed by atoms with Crippen molar-refractivity contribution in [1.29, 1.82) is 0 Å². The number of halogens is 1. The van der Waals surface area contributed by atoms with Crippen LogP contribution in [0.5, 0.6) is 0 Å². The van der Waals surface area contributed by atoms with Gasteiger partial charge in [-0.15, -0.1) is 0 Å². The van der Waals surface area contributed by atoms with Gasteiger partial charge in [0, 0.05) is 0 Å². The lowest BCUT2D eigenvalue weighted by molar-refractivity contribution is -0.206. The molecule has 4 atom stereocenters. The van der Waals surface area contributed by atoms with E-state index >= 15 is 0 Å². The number of hydrogen-bond donors (Lipinski definition) is 3. The van der Waals surface area contributed by atoms with E-state index in [0.717, 1.165) is 0 Å². The Labute approximate surface area is 78.3 Å². The summed E-state index contributed by atoms with van der Waals surface area (Å²) in [5, 5.41) is 27.9. The van der Waals surface area contributed by atoms with Crippen LogP contribution in [0.2, 0.25) is 0 Å². The Bertz CT molecular complexity index is 154. The maximum absolute atomic E-state index is 9.47.